The minimum absolute atomic E-state index is 0.0848. The van der Waals surface area contributed by atoms with Crippen LogP contribution in [0, 0.1) is 0 Å². The van der Waals surface area contributed by atoms with Crippen molar-refractivity contribution in [1.82, 2.24) is 20.4 Å². The van der Waals surface area contributed by atoms with Crippen molar-refractivity contribution in [3.8, 4) is 0 Å². The van der Waals surface area contributed by atoms with Crippen LogP contribution in [0.1, 0.15) is 25.8 Å². The van der Waals surface area contributed by atoms with Crippen LogP contribution >= 0.6 is 0 Å². The Labute approximate surface area is 147 Å². The molecule has 7 nitrogen and oxygen atoms in total. The van der Waals surface area contributed by atoms with Gasteiger partial charge in [-0.2, -0.15) is 0 Å². The van der Waals surface area contributed by atoms with Crippen LogP contribution in [-0.4, -0.2) is 58.9 Å². The molecule has 7 heteroatoms. The van der Waals surface area contributed by atoms with E-state index in [4.69, 9.17) is 0 Å². The summed E-state index contributed by atoms with van der Waals surface area (Å²) in [5.74, 6) is -0.266. The van der Waals surface area contributed by atoms with Crippen LogP contribution in [0.4, 0.5) is 4.79 Å². The molecule has 1 aromatic carbocycles. The van der Waals surface area contributed by atoms with E-state index in [1.165, 1.54) is 4.90 Å². The fourth-order valence-corrected chi connectivity index (χ4v) is 3.47. The number of likely N-dealkylation sites (tertiary alicyclic amines) is 1. The molecule has 2 aliphatic rings. The minimum atomic E-state index is -0.874. The normalized spacial score (nSPS) is 23.6. The fraction of sp³-hybridized carbons (Fsp3) is 0.500. The number of carbonyl (C=O) groups is 3. The predicted octanol–water partition coefficient (Wildman–Crippen LogP) is 0.708. The molecule has 4 amide bonds. The second kappa shape index (κ2) is 6.84. The number of hydrogen-bond donors (Lipinski definition) is 2. The van der Waals surface area contributed by atoms with Crippen LogP contribution in [0.25, 0.3) is 0 Å². The van der Waals surface area contributed by atoms with Crippen molar-refractivity contribution in [3.05, 3.63) is 35.9 Å². The molecule has 134 valence electrons. The highest BCUT2D eigenvalue weighted by Gasteiger charge is 2.55. The maximum atomic E-state index is 12.6. The van der Waals surface area contributed by atoms with Gasteiger partial charge < -0.3 is 10.6 Å². The Bertz CT molecular complexity index is 676. The Balaban J connectivity index is 1.54. The number of carbonyl (C=O) groups excluding carboxylic acids is 3. The molecule has 0 bridgehead atoms. The van der Waals surface area contributed by atoms with Crippen LogP contribution in [0.2, 0.25) is 0 Å². The molecule has 2 aliphatic heterocycles. The molecule has 2 fully saturated rings. The van der Waals surface area contributed by atoms with E-state index >= 15 is 0 Å². The Morgan fingerprint density at radius 1 is 1.28 bits per heavy atom. The summed E-state index contributed by atoms with van der Waals surface area (Å²) in [5, 5.41) is 5.72. The lowest BCUT2D eigenvalue weighted by Gasteiger charge is -2.23. The second-order valence-electron chi connectivity index (χ2n) is 7.00. The lowest BCUT2D eigenvalue weighted by molar-refractivity contribution is -0.132. The first-order chi connectivity index (χ1) is 11.9. The summed E-state index contributed by atoms with van der Waals surface area (Å²) in [6.07, 6.45) is 0.534. The number of rotatable bonds is 5. The van der Waals surface area contributed by atoms with E-state index in [1.54, 1.807) is 0 Å². The van der Waals surface area contributed by atoms with Crippen molar-refractivity contribution in [2.75, 3.05) is 19.6 Å². The van der Waals surface area contributed by atoms with Gasteiger partial charge in [-0.15, -0.1) is 0 Å². The Kier molecular flexibility index (Phi) is 4.76. The van der Waals surface area contributed by atoms with E-state index in [2.05, 4.69) is 10.6 Å². The molecule has 0 radical (unpaired) electrons. The average molecular weight is 344 g/mol. The van der Waals surface area contributed by atoms with Gasteiger partial charge in [0.1, 0.15) is 5.54 Å². The lowest BCUT2D eigenvalue weighted by atomic mass is 9.98. The molecule has 0 unspecified atom stereocenters. The molecule has 2 saturated heterocycles. The van der Waals surface area contributed by atoms with Gasteiger partial charge in [0.15, 0.2) is 0 Å². The van der Waals surface area contributed by atoms with Gasteiger partial charge in [-0.05, 0) is 25.8 Å². The highest BCUT2D eigenvalue weighted by atomic mass is 16.2. The van der Waals surface area contributed by atoms with Crippen LogP contribution in [0.5, 0.6) is 0 Å². The monoisotopic (exact) mass is 344 g/mol. The first-order valence-electron chi connectivity index (χ1n) is 8.60. The van der Waals surface area contributed by atoms with Gasteiger partial charge in [-0.1, -0.05) is 30.3 Å². The molecule has 1 aromatic rings. The van der Waals surface area contributed by atoms with E-state index in [0.29, 0.717) is 26.1 Å². The van der Waals surface area contributed by atoms with Gasteiger partial charge in [-0.3, -0.25) is 19.4 Å². The maximum Gasteiger partial charge on any atom is 0.325 e. The highest BCUT2D eigenvalue weighted by molar-refractivity contribution is 6.07. The number of imide groups is 1. The van der Waals surface area contributed by atoms with Gasteiger partial charge in [0.25, 0.3) is 5.91 Å². The number of nitrogens with zero attached hydrogens (tertiary/aromatic N) is 2. The molecule has 1 atom stereocenters. The Hall–Kier alpha value is -2.41. The molecule has 0 aliphatic carbocycles. The summed E-state index contributed by atoms with van der Waals surface area (Å²) in [6.45, 7) is 5.33. The lowest BCUT2D eigenvalue weighted by Crippen LogP contribution is -2.50. The van der Waals surface area contributed by atoms with Gasteiger partial charge in [0, 0.05) is 25.7 Å². The second-order valence-corrected chi connectivity index (χ2v) is 7.00. The van der Waals surface area contributed by atoms with Gasteiger partial charge >= 0.3 is 6.03 Å². The van der Waals surface area contributed by atoms with Gasteiger partial charge in [0.2, 0.25) is 5.91 Å². The smallest absolute Gasteiger partial charge is 0.325 e. The number of amides is 4. The fourth-order valence-electron chi connectivity index (χ4n) is 3.47. The van der Waals surface area contributed by atoms with Crippen LogP contribution in [0.15, 0.2) is 30.3 Å². The van der Waals surface area contributed by atoms with E-state index in [-0.39, 0.29) is 30.4 Å². The molecule has 2 heterocycles. The number of nitrogens with one attached hydrogen (secondary N) is 2. The topological polar surface area (TPSA) is 81.8 Å². The van der Waals surface area contributed by atoms with E-state index < -0.39 is 5.54 Å². The molecule has 0 saturated carbocycles. The predicted molar refractivity (Wildman–Crippen MR) is 92.6 cm³/mol. The van der Waals surface area contributed by atoms with Crippen molar-refractivity contribution < 1.29 is 14.4 Å². The summed E-state index contributed by atoms with van der Waals surface area (Å²) < 4.78 is 0. The zero-order valence-electron chi connectivity index (χ0n) is 14.6. The van der Waals surface area contributed by atoms with Crippen LogP contribution in [-0.2, 0) is 16.1 Å². The van der Waals surface area contributed by atoms with Crippen molar-refractivity contribution in [1.29, 1.82) is 0 Å². The number of hydrogen-bond acceptors (Lipinski definition) is 4. The highest BCUT2D eigenvalue weighted by Crippen LogP contribution is 2.29. The Morgan fingerprint density at radius 2 is 2.00 bits per heavy atom. The molecular formula is C18H24N4O3. The average Bonchev–Trinajstić information content (AvgIpc) is 3.07. The minimum Gasteiger partial charge on any atom is -0.351 e. The van der Waals surface area contributed by atoms with Crippen molar-refractivity contribution >= 4 is 17.8 Å². The van der Waals surface area contributed by atoms with Crippen LogP contribution in [0.3, 0.4) is 0 Å². The van der Waals surface area contributed by atoms with E-state index in [9.17, 15) is 14.4 Å². The van der Waals surface area contributed by atoms with E-state index in [0.717, 1.165) is 5.56 Å². The molecule has 1 spiro atoms. The quantitative estimate of drug-likeness (QED) is 0.771. The number of urea groups is 1. The first-order valence-corrected chi connectivity index (χ1v) is 8.60. The maximum absolute atomic E-state index is 12.6. The third-order valence-electron chi connectivity index (χ3n) is 4.76. The molecule has 25 heavy (non-hydrogen) atoms. The molecular weight excluding hydrogens is 320 g/mol. The van der Waals surface area contributed by atoms with Crippen molar-refractivity contribution in [2.45, 2.75) is 38.4 Å². The molecule has 3 rings (SSSR count). The summed E-state index contributed by atoms with van der Waals surface area (Å²) in [5.41, 5.74) is 0.167. The van der Waals surface area contributed by atoms with Crippen LogP contribution < -0.4 is 10.6 Å². The summed E-state index contributed by atoms with van der Waals surface area (Å²) in [4.78, 5) is 40.1. The summed E-state index contributed by atoms with van der Waals surface area (Å²) in [7, 11) is 0. The summed E-state index contributed by atoms with van der Waals surface area (Å²) in [6, 6.07) is 9.20. The van der Waals surface area contributed by atoms with E-state index in [1.807, 2.05) is 49.1 Å². The Morgan fingerprint density at radius 3 is 2.64 bits per heavy atom. The third-order valence-corrected chi connectivity index (χ3v) is 4.76. The zero-order valence-corrected chi connectivity index (χ0v) is 14.6. The first kappa shape index (κ1) is 17.4. The largest absolute Gasteiger partial charge is 0.351 e. The van der Waals surface area contributed by atoms with Gasteiger partial charge in [-0.25, -0.2) is 4.79 Å². The summed E-state index contributed by atoms with van der Waals surface area (Å²) >= 11 is 0. The van der Waals surface area contributed by atoms with Crippen molar-refractivity contribution in [3.63, 3.8) is 0 Å². The van der Waals surface area contributed by atoms with Crippen molar-refractivity contribution in [2.24, 2.45) is 0 Å². The van der Waals surface area contributed by atoms with Gasteiger partial charge in [0.05, 0.1) is 6.54 Å². The number of benzene rings is 1. The molecule has 2 N–H and O–H groups in total. The zero-order chi connectivity index (χ0) is 18.0. The standard InChI is InChI=1S/C18H24N4O3/c1-13(2)22-16(24)18(20-17(22)25)8-9-21(12-18)11-15(23)19-10-14-6-4-3-5-7-14/h3-7,13H,8-12H2,1-2H3,(H,19,23)(H,20,25)/t18-/m1/s1. The molecule has 0 aromatic heterocycles. The SMILES string of the molecule is CC(C)N1C(=O)N[C@@]2(CCN(CC(=O)NCc3ccccc3)C2)C1=O. The third kappa shape index (κ3) is 3.51.